The molecule has 1 aromatic heterocycles. The second kappa shape index (κ2) is 7.65. The summed E-state index contributed by atoms with van der Waals surface area (Å²) in [6, 6.07) is 8.39. The molecule has 3 rings (SSSR count). The molecule has 1 aromatic carbocycles. The third-order valence-corrected chi connectivity index (χ3v) is 4.93. The molecule has 1 atom stereocenters. The van der Waals surface area contributed by atoms with E-state index in [9.17, 15) is 0 Å². The Labute approximate surface area is 148 Å². The molecule has 126 valence electrons. The van der Waals surface area contributed by atoms with E-state index < -0.39 is 0 Å². The topological polar surface area (TPSA) is 51.0 Å². The third-order valence-electron chi connectivity index (χ3n) is 4.69. The zero-order valence-corrected chi connectivity index (χ0v) is 15.1. The van der Waals surface area contributed by atoms with Crippen molar-refractivity contribution in [3.05, 3.63) is 46.6 Å². The van der Waals surface area contributed by atoms with Crippen LogP contribution in [0.4, 0.5) is 0 Å². The number of nitrogens with one attached hydrogen (secondary N) is 1. The van der Waals surface area contributed by atoms with Crippen molar-refractivity contribution in [3.63, 3.8) is 0 Å². The summed E-state index contributed by atoms with van der Waals surface area (Å²) in [4.78, 5) is 4.70. The molecular weight excluding hydrogens is 333 g/mol. The number of nitrogens with zero attached hydrogens (tertiary/aromatic N) is 2. The van der Waals surface area contributed by atoms with Gasteiger partial charge in [0.2, 0.25) is 5.89 Å². The van der Waals surface area contributed by atoms with E-state index in [2.05, 4.69) is 23.5 Å². The van der Waals surface area contributed by atoms with Gasteiger partial charge in [0.15, 0.2) is 5.82 Å². The highest BCUT2D eigenvalue weighted by Gasteiger charge is 2.42. The lowest BCUT2D eigenvalue weighted by molar-refractivity contribution is 0.308. The molecule has 0 aliphatic heterocycles. The fourth-order valence-electron chi connectivity index (χ4n) is 3.30. The van der Waals surface area contributed by atoms with Gasteiger partial charge in [-0.2, -0.15) is 4.98 Å². The lowest BCUT2D eigenvalue weighted by atomic mass is 9.78. The lowest BCUT2D eigenvalue weighted by Crippen LogP contribution is -2.25. The Balaban J connectivity index is 0.00000192. The number of rotatable bonds is 5. The molecular formula is C17H23Cl2N3O. The minimum absolute atomic E-state index is 0. The van der Waals surface area contributed by atoms with Crippen LogP contribution in [-0.4, -0.2) is 23.2 Å². The fourth-order valence-corrected chi connectivity index (χ4v) is 3.49. The molecule has 0 spiro atoms. The Morgan fingerprint density at radius 2 is 2.09 bits per heavy atom. The summed E-state index contributed by atoms with van der Waals surface area (Å²) in [7, 11) is 1.94. The molecule has 0 saturated heterocycles. The molecule has 0 amide bonds. The molecule has 4 nitrogen and oxygen atoms in total. The van der Waals surface area contributed by atoms with Gasteiger partial charge in [0.05, 0.1) is 5.41 Å². The maximum absolute atomic E-state index is 6.19. The van der Waals surface area contributed by atoms with Gasteiger partial charge < -0.3 is 9.84 Å². The quantitative estimate of drug-likeness (QED) is 0.874. The minimum Gasteiger partial charge on any atom is -0.338 e. The highest BCUT2D eigenvalue weighted by atomic mass is 35.5. The van der Waals surface area contributed by atoms with Crippen molar-refractivity contribution >= 4 is 24.0 Å². The van der Waals surface area contributed by atoms with Crippen molar-refractivity contribution in [3.8, 4) is 0 Å². The number of aromatic nitrogens is 2. The van der Waals surface area contributed by atoms with E-state index in [0.29, 0.717) is 6.04 Å². The zero-order chi connectivity index (χ0) is 15.6. The largest absolute Gasteiger partial charge is 0.338 e. The second-order valence-corrected chi connectivity index (χ2v) is 6.65. The van der Waals surface area contributed by atoms with Gasteiger partial charge in [-0.25, -0.2) is 0 Å². The number of benzene rings is 1. The second-order valence-electron chi connectivity index (χ2n) is 6.21. The molecule has 23 heavy (non-hydrogen) atoms. The van der Waals surface area contributed by atoms with Gasteiger partial charge in [0.1, 0.15) is 0 Å². The highest BCUT2D eigenvalue weighted by molar-refractivity contribution is 6.30. The normalized spacial score (nSPS) is 17.7. The molecule has 1 heterocycles. The van der Waals surface area contributed by atoms with Gasteiger partial charge in [0.25, 0.3) is 0 Å². The van der Waals surface area contributed by atoms with Gasteiger partial charge in [-0.1, -0.05) is 41.7 Å². The number of halogens is 2. The minimum atomic E-state index is -0.168. The van der Waals surface area contributed by atoms with E-state index >= 15 is 0 Å². The van der Waals surface area contributed by atoms with Crippen molar-refractivity contribution in [2.24, 2.45) is 0 Å². The summed E-state index contributed by atoms with van der Waals surface area (Å²) < 4.78 is 5.66. The first-order chi connectivity index (χ1) is 10.6. The van der Waals surface area contributed by atoms with Crippen LogP contribution in [0.2, 0.25) is 5.02 Å². The Bertz CT molecular complexity index is 638. The van der Waals surface area contributed by atoms with Crippen molar-refractivity contribution in [1.29, 1.82) is 0 Å². The molecule has 1 saturated carbocycles. The summed E-state index contributed by atoms with van der Waals surface area (Å²) in [5.74, 6) is 1.51. The van der Waals surface area contributed by atoms with Gasteiger partial charge in [-0.3, -0.25) is 0 Å². The van der Waals surface area contributed by atoms with Crippen LogP contribution in [0.3, 0.4) is 0 Å². The van der Waals surface area contributed by atoms with E-state index in [4.69, 9.17) is 21.1 Å². The SMILES string of the molecule is CNC(C)Cc1noc(C2(c3cccc(Cl)c3)CCCC2)n1.Cl. The van der Waals surface area contributed by atoms with Gasteiger partial charge in [-0.15, -0.1) is 12.4 Å². The molecule has 6 heteroatoms. The molecule has 0 bridgehead atoms. The maximum atomic E-state index is 6.19. The Kier molecular flexibility index (Phi) is 6.06. The summed E-state index contributed by atoms with van der Waals surface area (Å²) in [5, 5.41) is 8.14. The van der Waals surface area contributed by atoms with Crippen molar-refractivity contribution in [1.82, 2.24) is 15.5 Å². The van der Waals surface area contributed by atoms with Crippen LogP contribution < -0.4 is 5.32 Å². The first kappa shape index (κ1) is 18.2. The molecule has 1 aliphatic carbocycles. The van der Waals surface area contributed by atoms with Gasteiger partial charge in [0, 0.05) is 17.5 Å². The van der Waals surface area contributed by atoms with Crippen LogP contribution >= 0.6 is 24.0 Å². The Hall–Kier alpha value is -1.10. The molecule has 0 radical (unpaired) electrons. The molecule has 1 aliphatic rings. The monoisotopic (exact) mass is 355 g/mol. The summed E-state index contributed by atoms with van der Waals surface area (Å²) in [6.07, 6.45) is 5.20. The third kappa shape index (κ3) is 3.70. The molecule has 2 aromatic rings. The van der Waals surface area contributed by atoms with Crippen molar-refractivity contribution in [2.45, 2.75) is 50.5 Å². The summed E-state index contributed by atoms with van der Waals surface area (Å²) >= 11 is 6.19. The van der Waals surface area contributed by atoms with Crippen molar-refractivity contribution < 1.29 is 4.52 Å². The number of likely N-dealkylation sites (N-methyl/N-ethyl adjacent to an activating group) is 1. The van der Waals surface area contributed by atoms with Crippen LogP contribution in [-0.2, 0) is 11.8 Å². The number of hydrogen-bond donors (Lipinski definition) is 1. The molecule has 1 N–H and O–H groups in total. The summed E-state index contributed by atoms with van der Waals surface area (Å²) in [6.45, 7) is 2.11. The van der Waals surface area contributed by atoms with Crippen LogP contribution in [0.5, 0.6) is 0 Å². The zero-order valence-electron chi connectivity index (χ0n) is 13.5. The average Bonchev–Trinajstić information content (AvgIpc) is 3.16. The van der Waals surface area contributed by atoms with Crippen LogP contribution in [0.15, 0.2) is 28.8 Å². The maximum Gasteiger partial charge on any atom is 0.237 e. The predicted molar refractivity (Wildman–Crippen MR) is 94.5 cm³/mol. The van der Waals surface area contributed by atoms with E-state index in [0.717, 1.165) is 36.0 Å². The molecule has 1 fully saturated rings. The average molecular weight is 356 g/mol. The highest BCUT2D eigenvalue weighted by Crippen LogP contribution is 2.46. The number of hydrogen-bond acceptors (Lipinski definition) is 4. The molecule has 1 unspecified atom stereocenters. The van der Waals surface area contributed by atoms with Crippen molar-refractivity contribution in [2.75, 3.05) is 7.05 Å². The van der Waals surface area contributed by atoms with E-state index in [1.807, 2.05) is 25.2 Å². The summed E-state index contributed by atoms with van der Waals surface area (Å²) in [5.41, 5.74) is 1.02. The first-order valence-electron chi connectivity index (χ1n) is 7.90. The van der Waals surface area contributed by atoms with Crippen LogP contribution in [0.25, 0.3) is 0 Å². The smallest absolute Gasteiger partial charge is 0.237 e. The lowest BCUT2D eigenvalue weighted by Gasteiger charge is -2.25. The van der Waals surface area contributed by atoms with E-state index in [1.54, 1.807) is 0 Å². The Morgan fingerprint density at radius 3 is 2.74 bits per heavy atom. The fraction of sp³-hybridized carbons (Fsp3) is 0.529. The van der Waals surface area contributed by atoms with Gasteiger partial charge in [-0.05, 0) is 44.5 Å². The van der Waals surface area contributed by atoms with Gasteiger partial charge >= 0.3 is 0 Å². The van der Waals surface area contributed by atoms with Crippen LogP contribution in [0.1, 0.15) is 49.9 Å². The first-order valence-corrected chi connectivity index (χ1v) is 8.28. The van der Waals surface area contributed by atoms with Crippen LogP contribution in [0, 0.1) is 0 Å². The Morgan fingerprint density at radius 1 is 1.35 bits per heavy atom. The standard InChI is InChI=1S/C17H22ClN3O.ClH/c1-12(19-2)10-15-20-16(22-21-15)17(8-3-4-9-17)13-6-5-7-14(18)11-13;/h5-7,11-12,19H,3-4,8-10H2,1-2H3;1H. The van der Waals surface area contributed by atoms with E-state index in [1.165, 1.54) is 18.4 Å². The van der Waals surface area contributed by atoms with E-state index in [-0.39, 0.29) is 17.8 Å². The predicted octanol–water partition coefficient (Wildman–Crippen LogP) is 4.16.